The van der Waals surface area contributed by atoms with Crippen LogP contribution in [0.15, 0.2) is 66.7 Å². The molecule has 1 amide bonds. The van der Waals surface area contributed by atoms with Crippen LogP contribution >= 0.6 is 0 Å². The monoisotopic (exact) mass is 333 g/mol. The second kappa shape index (κ2) is 7.62. The number of fused-ring (bicyclic) bond motifs is 1. The summed E-state index contributed by atoms with van der Waals surface area (Å²) in [5.41, 5.74) is 2.59. The standard InChI is InChI=1S/C21H19NO3/c1-15-6-8-16(9-7-15)14-25-20(23)13-22-21(24)19-11-10-17-4-2-3-5-18(17)12-19/h2-12H,13-14H2,1H3,(H,22,24). The number of rotatable bonds is 5. The third kappa shape index (κ3) is 4.44. The predicted molar refractivity (Wildman–Crippen MR) is 97.3 cm³/mol. The minimum atomic E-state index is -0.463. The van der Waals surface area contributed by atoms with E-state index in [0.717, 1.165) is 21.9 Å². The van der Waals surface area contributed by atoms with Crippen molar-refractivity contribution in [3.05, 3.63) is 83.4 Å². The first-order valence-electron chi connectivity index (χ1n) is 8.10. The molecule has 0 unspecified atom stereocenters. The Morgan fingerprint density at radius 1 is 0.920 bits per heavy atom. The van der Waals surface area contributed by atoms with E-state index < -0.39 is 5.97 Å². The molecule has 3 aromatic carbocycles. The third-order valence-electron chi connectivity index (χ3n) is 3.93. The molecule has 3 rings (SSSR count). The Bertz CT molecular complexity index is 900. The van der Waals surface area contributed by atoms with Crippen molar-refractivity contribution in [1.82, 2.24) is 5.32 Å². The van der Waals surface area contributed by atoms with Crippen molar-refractivity contribution in [2.45, 2.75) is 13.5 Å². The van der Waals surface area contributed by atoms with E-state index in [-0.39, 0.29) is 19.1 Å². The first-order valence-corrected chi connectivity index (χ1v) is 8.10. The zero-order valence-electron chi connectivity index (χ0n) is 14.0. The van der Waals surface area contributed by atoms with Crippen LogP contribution in [0.4, 0.5) is 0 Å². The minimum Gasteiger partial charge on any atom is -0.460 e. The van der Waals surface area contributed by atoms with Gasteiger partial charge in [-0.05, 0) is 35.4 Å². The average Bonchev–Trinajstić information content (AvgIpc) is 2.65. The summed E-state index contributed by atoms with van der Waals surface area (Å²) in [4.78, 5) is 24.0. The molecular weight excluding hydrogens is 314 g/mol. The van der Waals surface area contributed by atoms with Gasteiger partial charge in [-0.25, -0.2) is 0 Å². The number of nitrogens with one attached hydrogen (secondary N) is 1. The van der Waals surface area contributed by atoms with E-state index in [1.165, 1.54) is 0 Å². The molecule has 3 aromatic rings. The maximum Gasteiger partial charge on any atom is 0.325 e. The van der Waals surface area contributed by atoms with Crippen LogP contribution in [0.1, 0.15) is 21.5 Å². The van der Waals surface area contributed by atoms with E-state index in [9.17, 15) is 9.59 Å². The quantitative estimate of drug-likeness (QED) is 0.726. The number of hydrogen-bond donors (Lipinski definition) is 1. The van der Waals surface area contributed by atoms with Crippen molar-refractivity contribution >= 4 is 22.6 Å². The molecule has 0 radical (unpaired) electrons. The van der Waals surface area contributed by atoms with Gasteiger partial charge in [0.2, 0.25) is 0 Å². The average molecular weight is 333 g/mol. The highest BCUT2D eigenvalue weighted by atomic mass is 16.5. The highest BCUT2D eigenvalue weighted by molar-refractivity contribution is 5.99. The topological polar surface area (TPSA) is 55.4 Å². The molecule has 0 heterocycles. The summed E-state index contributed by atoms with van der Waals surface area (Å²) in [6, 6.07) is 21.0. The number of esters is 1. The molecule has 4 nitrogen and oxygen atoms in total. The van der Waals surface area contributed by atoms with Crippen LogP contribution in [0.5, 0.6) is 0 Å². The van der Waals surface area contributed by atoms with Gasteiger partial charge >= 0.3 is 5.97 Å². The van der Waals surface area contributed by atoms with Gasteiger partial charge < -0.3 is 10.1 Å². The summed E-state index contributed by atoms with van der Waals surface area (Å²) >= 11 is 0. The van der Waals surface area contributed by atoms with Crippen LogP contribution in [0, 0.1) is 6.92 Å². The fraction of sp³-hybridized carbons (Fsp3) is 0.143. The third-order valence-corrected chi connectivity index (χ3v) is 3.93. The normalized spacial score (nSPS) is 10.4. The van der Waals surface area contributed by atoms with Crippen molar-refractivity contribution in [3.8, 4) is 0 Å². The Morgan fingerprint density at radius 3 is 2.40 bits per heavy atom. The summed E-state index contributed by atoms with van der Waals surface area (Å²) in [5.74, 6) is -0.757. The minimum absolute atomic E-state index is 0.155. The largest absolute Gasteiger partial charge is 0.460 e. The Balaban J connectivity index is 1.52. The van der Waals surface area contributed by atoms with E-state index in [0.29, 0.717) is 5.56 Å². The van der Waals surface area contributed by atoms with E-state index >= 15 is 0 Å². The van der Waals surface area contributed by atoms with Crippen LogP contribution in [0.2, 0.25) is 0 Å². The molecule has 126 valence electrons. The molecule has 1 N–H and O–H groups in total. The second-order valence-electron chi connectivity index (χ2n) is 5.89. The van der Waals surface area contributed by atoms with Crippen molar-refractivity contribution in [2.75, 3.05) is 6.54 Å². The molecule has 0 fully saturated rings. The first-order chi connectivity index (χ1) is 12.1. The van der Waals surface area contributed by atoms with Crippen LogP contribution in [-0.2, 0) is 16.1 Å². The molecule has 0 aromatic heterocycles. The number of benzene rings is 3. The Morgan fingerprint density at radius 2 is 1.64 bits per heavy atom. The summed E-state index contributed by atoms with van der Waals surface area (Å²) < 4.78 is 5.17. The van der Waals surface area contributed by atoms with E-state index in [1.54, 1.807) is 6.07 Å². The molecule has 0 aliphatic rings. The van der Waals surface area contributed by atoms with Gasteiger partial charge in [-0.2, -0.15) is 0 Å². The van der Waals surface area contributed by atoms with Gasteiger partial charge in [-0.3, -0.25) is 9.59 Å². The predicted octanol–water partition coefficient (Wildman–Crippen LogP) is 3.62. The van der Waals surface area contributed by atoms with Gasteiger partial charge in [0, 0.05) is 5.56 Å². The van der Waals surface area contributed by atoms with Gasteiger partial charge in [0.15, 0.2) is 0 Å². The van der Waals surface area contributed by atoms with Crippen molar-refractivity contribution < 1.29 is 14.3 Å². The Kier molecular flexibility index (Phi) is 5.09. The number of ether oxygens (including phenoxy) is 1. The van der Waals surface area contributed by atoms with Crippen LogP contribution in [0.25, 0.3) is 10.8 Å². The maximum absolute atomic E-state index is 12.2. The lowest BCUT2D eigenvalue weighted by Gasteiger charge is -2.08. The Labute approximate surface area is 146 Å². The number of carbonyl (C=O) groups is 2. The highest BCUT2D eigenvalue weighted by Crippen LogP contribution is 2.15. The summed E-state index contributed by atoms with van der Waals surface area (Å²) in [7, 11) is 0. The molecule has 0 saturated carbocycles. The molecule has 0 aliphatic heterocycles. The highest BCUT2D eigenvalue weighted by Gasteiger charge is 2.09. The van der Waals surface area contributed by atoms with Gasteiger partial charge in [-0.1, -0.05) is 60.2 Å². The molecule has 25 heavy (non-hydrogen) atoms. The van der Waals surface area contributed by atoms with Gasteiger partial charge in [0.05, 0.1) is 0 Å². The second-order valence-corrected chi connectivity index (χ2v) is 5.89. The van der Waals surface area contributed by atoms with Crippen LogP contribution in [-0.4, -0.2) is 18.4 Å². The zero-order chi connectivity index (χ0) is 17.6. The van der Waals surface area contributed by atoms with Gasteiger partial charge in [-0.15, -0.1) is 0 Å². The smallest absolute Gasteiger partial charge is 0.325 e. The number of amides is 1. The molecule has 4 heteroatoms. The fourth-order valence-electron chi connectivity index (χ4n) is 2.48. The first kappa shape index (κ1) is 16.7. The molecule has 0 bridgehead atoms. The summed E-state index contributed by atoms with van der Waals surface area (Å²) in [6.45, 7) is 2.04. The maximum atomic E-state index is 12.2. The number of aryl methyl sites for hydroxylation is 1. The SMILES string of the molecule is Cc1ccc(COC(=O)CNC(=O)c2ccc3ccccc3c2)cc1. The lowest BCUT2D eigenvalue weighted by atomic mass is 10.1. The van der Waals surface area contributed by atoms with Crippen molar-refractivity contribution in [1.29, 1.82) is 0 Å². The molecular formula is C21H19NO3. The molecule has 0 spiro atoms. The zero-order valence-corrected chi connectivity index (χ0v) is 14.0. The van der Waals surface area contributed by atoms with Gasteiger partial charge in [0.25, 0.3) is 5.91 Å². The van der Waals surface area contributed by atoms with E-state index in [1.807, 2.05) is 67.6 Å². The summed E-state index contributed by atoms with van der Waals surface area (Å²) in [5, 5.41) is 4.65. The number of hydrogen-bond acceptors (Lipinski definition) is 3. The van der Waals surface area contributed by atoms with Crippen LogP contribution < -0.4 is 5.32 Å². The van der Waals surface area contributed by atoms with Gasteiger partial charge in [0.1, 0.15) is 13.2 Å². The Hall–Kier alpha value is -3.14. The molecule has 0 atom stereocenters. The fourth-order valence-corrected chi connectivity index (χ4v) is 2.48. The van der Waals surface area contributed by atoms with Crippen molar-refractivity contribution in [3.63, 3.8) is 0 Å². The number of carbonyl (C=O) groups excluding carboxylic acids is 2. The van der Waals surface area contributed by atoms with E-state index in [2.05, 4.69) is 5.32 Å². The van der Waals surface area contributed by atoms with Crippen molar-refractivity contribution in [2.24, 2.45) is 0 Å². The van der Waals surface area contributed by atoms with Crippen LogP contribution in [0.3, 0.4) is 0 Å². The van der Waals surface area contributed by atoms with E-state index in [4.69, 9.17) is 4.74 Å². The lowest BCUT2D eigenvalue weighted by molar-refractivity contribution is -0.143. The molecule has 0 aliphatic carbocycles. The molecule has 0 saturated heterocycles. The lowest BCUT2D eigenvalue weighted by Crippen LogP contribution is -2.30. The summed E-state index contributed by atoms with van der Waals surface area (Å²) in [6.07, 6.45) is 0.